The molecule has 0 amide bonds. The lowest BCUT2D eigenvalue weighted by Gasteiger charge is -2.36. The Morgan fingerprint density at radius 3 is 2.06 bits per heavy atom. The van der Waals surface area contributed by atoms with Gasteiger partial charge >= 0.3 is 0 Å². The van der Waals surface area contributed by atoms with Gasteiger partial charge in [0, 0.05) is 24.2 Å². The van der Waals surface area contributed by atoms with Crippen molar-refractivity contribution in [3.05, 3.63) is 0 Å². The topological polar surface area (TPSA) is 15.3 Å². The molecule has 1 saturated carbocycles. The van der Waals surface area contributed by atoms with Crippen LogP contribution in [0.25, 0.3) is 0 Å². The van der Waals surface area contributed by atoms with Crippen LogP contribution in [0.2, 0.25) is 0 Å². The van der Waals surface area contributed by atoms with E-state index in [9.17, 15) is 0 Å². The summed E-state index contributed by atoms with van der Waals surface area (Å²) in [5.74, 6) is 1.49. The fourth-order valence-electron chi connectivity index (χ4n) is 2.44. The molecular formula is C16H34N2. The first-order valence-corrected chi connectivity index (χ1v) is 7.71. The Labute approximate surface area is 115 Å². The summed E-state index contributed by atoms with van der Waals surface area (Å²) in [4.78, 5) is 2.75. The van der Waals surface area contributed by atoms with E-state index in [0.29, 0.717) is 12.0 Å². The van der Waals surface area contributed by atoms with Crippen molar-refractivity contribution in [1.29, 1.82) is 0 Å². The molecule has 0 aliphatic heterocycles. The van der Waals surface area contributed by atoms with Crippen molar-refractivity contribution in [1.82, 2.24) is 10.2 Å². The molecule has 2 unspecified atom stereocenters. The predicted molar refractivity (Wildman–Crippen MR) is 80.9 cm³/mol. The van der Waals surface area contributed by atoms with Gasteiger partial charge in [-0.2, -0.15) is 0 Å². The molecule has 2 atom stereocenters. The minimum absolute atomic E-state index is 0.233. The van der Waals surface area contributed by atoms with Crippen LogP contribution >= 0.6 is 0 Å². The zero-order valence-corrected chi connectivity index (χ0v) is 13.6. The molecule has 0 bridgehead atoms. The minimum Gasteiger partial charge on any atom is -0.312 e. The Morgan fingerprint density at radius 1 is 1.11 bits per heavy atom. The van der Waals surface area contributed by atoms with Gasteiger partial charge in [0.2, 0.25) is 0 Å². The average molecular weight is 254 g/mol. The molecular weight excluding hydrogens is 220 g/mol. The van der Waals surface area contributed by atoms with Crippen molar-refractivity contribution < 1.29 is 0 Å². The molecule has 0 aromatic heterocycles. The molecule has 1 aliphatic carbocycles. The summed E-state index contributed by atoms with van der Waals surface area (Å²) in [5, 5.41) is 3.64. The monoisotopic (exact) mass is 254 g/mol. The summed E-state index contributed by atoms with van der Waals surface area (Å²) < 4.78 is 0. The second-order valence-electron chi connectivity index (χ2n) is 7.67. The van der Waals surface area contributed by atoms with Crippen molar-refractivity contribution in [2.45, 2.75) is 78.9 Å². The van der Waals surface area contributed by atoms with Gasteiger partial charge in [0.25, 0.3) is 0 Å². The van der Waals surface area contributed by atoms with Crippen LogP contribution in [0.3, 0.4) is 0 Å². The van der Waals surface area contributed by atoms with Crippen LogP contribution in [0.5, 0.6) is 0 Å². The summed E-state index contributed by atoms with van der Waals surface area (Å²) in [5.41, 5.74) is 0.233. The summed E-state index contributed by atoms with van der Waals surface area (Å²) in [6.45, 7) is 18.6. The predicted octanol–water partition coefficient (Wildman–Crippen LogP) is 3.52. The Balaban J connectivity index is 2.46. The smallest absolute Gasteiger partial charge is 0.0108 e. The van der Waals surface area contributed by atoms with Crippen LogP contribution in [-0.2, 0) is 0 Å². The van der Waals surface area contributed by atoms with E-state index in [4.69, 9.17) is 0 Å². The molecule has 1 fully saturated rings. The Kier molecular flexibility index (Phi) is 5.67. The van der Waals surface area contributed by atoms with Crippen molar-refractivity contribution in [3.8, 4) is 0 Å². The van der Waals surface area contributed by atoms with Crippen molar-refractivity contribution in [2.24, 2.45) is 11.8 Å². The van der Waals surface area contributed by atoms with E-state index in [1.165, 1.54) is 19.4 Å². The maximum Gasteiger partial charge on any atom is 0.0108 e. The first kappa shape index (κ1) is 16.0. The quantitative estimate of drug-likeness (QED) is 0.748. The first-order valence-electron chi connectivity index (χ1n) is 7.71. The highest BCUT2D eigenvalue weighted by Gasteiger charge is 2.34. The molecule has 0 heterocycles. The van der Waals surface area contributed by atoms with Crippen molar-refractivity contribution >= 4 is 0 Å². The zero-order valence-electron chi connectivity index (χ0n) is 13.6. The molecule has 0 spiro atoms. The number of nitrogens with one attached hydrogen (secondary N) is 1. The fourth-order valence-corrected chi connectivity index (χ4v) is 2.44. The molecule has 1 rings (SSSR count). The van der Waals surface area contributed by atoms with E-state index in [1.54, 1.807) is 0 Å². The molecule has 1 aliphatic rings. The van der Waals surface area contributed by atoms with Crippen LogP contribution in [0.4, 0.5) is 0 Å². The number of hydrogen-bond acceptors (Lipinski definition) is 2. The highest BCUT2D eigenvalue weighted by Crippen LogP contribution is 2.31. The Morgan fingerprint density at radius 2 is 1.67 bits per heavy atom. The summed E-state index contributed by atoms with van der Waals surface area (Å²) in [7, 11) is 0. The molecule has 0 aromatic rings. The van der Waals surface area contributed by atoms with Gasteiger partial charge in [-0.25, -0.2) is 0 Å². The lowest BCUT2D eigenvalue weighted by Crippen LogP contribution is -2.47. The third kappa shape index (κ3) is 5.71. The molecule has 0 aromatic carbocycles. The van der Waals surface area contributed by atoms with Crippen LogP contribution in [-0.4, -0.2) is 35.6 Å². The highest BCUT2D eigenvalue weighted by atomic mass is 15.2. The van der Waals surface area contributed by atoms with Crippen LogP contribution < -0.4 is 5.32 Å². The van der Waals surface area contributed by atoms with Gasteiger partial charge in [-0.05, 0) is 58.9 Å². The number of nitrogens with zero attached hydrogens (tertiary/aromatic N) is 1. The van der Waals surface area contributed by atoms with E-state index in [1.807, 2.05) is 0 Å². The van der Waals surface area contributed by atoms with Gasteiger partial charge in [-0.15, -0.1) is 0 Å². The summed E-state index contributed by atoms with van der Waals surface area (Å²) >= 11 is 0. The van der Waals surface area contributed by atoms with Gasteiger partial charge in [-0.3, -0.25) is 4.90 Å². The van der Waals surface area contributed by atoms with Crippen LogP contribution in [0, 0.1) is 11.8 Å². The van der Waals surface area contributed by atoms with E-state index >= 15 is 0 Å². The number of rotatable bonds is 7. The molecule has 1 N–H and O–H groups in total. The van der Waals surface area contributed by atoms with Gasteiger partial charge in [0.15, 0.2) is 0 Å². The van der Waals surface area contributed by atoms with Gasteiger partial charge in [0.1, 0.15) is 0 Å². The highest BCUT2D eigenvalue weighted by molar-refractivity contribution is 4.90. The third-order valence-corrected chi connectivity index (χ3v) is 3.89. The van der Waals surface area contributed by atoms with Gasteiger partial charge in [0.05, 0.1) is 0 Å². The van der Waals surface area contributed by atoms with E-state index in [0.717, 1.165) is 18.5 Å². The molecule has 2 heteroatoms. The largest absolute Gasteiger partial charge is 0.312 e. The second kappa shape index (κ2) is 6.38. The molecule has 0 radical (unpaired) electrons. The van der Waals surface area contributed by atoms with E-state index < -0.39 is 0 Å². The van der Waals surface area contributed by atoms with Crippen LogP contribution in [0.15, 0.2) is 0 Å². The minimum atomic E-state index is 0.233. The maximum atomic E-state index is 3.64. The first-order chi connectivity index (χ1) is 8.20. The normalized spacial score (nSPS) is 20.5. The van der Waals surface area contributed by atoms with E-state index in [-0.39, 0.29) is 5.54 Å². The van der Waals surface area contributed by atoms with Crippen LogP contribution in [0.1, 0.15) is 61.3 Å². The Bertz CT molecular complexity index is 238. The lowest BCUT2D eigenvalue weighted by molar-refractivity contribution is 0.130. The van der Waals surface area contributed by atoms with Gasteiger partial charge in [-0.1, -0.05) is 20.8 Å². The molecule has 0 saturated heterocycles. The second-order valence-corrected chi connectivity index (χ2v) is 7.67. The van der Waals surface area contributed by atoms with Crippen molar-refractivity contribution in [3.63, 3.8) is 0 Å². The SMILES string of the molecule is CC(C)CN(C1CC1)C(C)C(C)CNC(C)(C)C. The standard InChI is InChI=1S/C16H34N2/c1-12(2)11-18(15-8-9-15)14(4)13(3)10-17-16(5,6)7/h12-15,17H,8-11H2,1-7H3. The zero-order chi connectivity index (χ0) is 13.9. The number of hydrogen-bond donors (Lipinski definition) is 1. The summed E-state index contributed by atoms with van der Waals surface area (Å²) in [6, 6.07) is 1.56. The molecule has 108 valence electrons. The lowest BCUT2D eigenvalue weighted by atomic mass is 9.98. The van der Waals surface area contributed by atoms with Gasteiger partial charge < -0.3 is 5.32 Å². The molecule has 18 heavy (non-hydrogen) atoms. The van der Waals surface area contributed by atoms with Crippen molar-refractivity contribution in [2.75, 3.05) is 13.1 Å². The maximum absolute atomic E-state index is 3.64. The molecule has 2 nitrogen and oxygen atoms in total. The fraction of sp³-hybridized carbons (Fsp3) is 1.00. The van der Waals surface area contributed by atoms with E-state index in [2.05, 4.69) is 58.7 Å². The Hall–Kier alpha value is -0.0800. The average Bonchev–Trinajstić information content (AvgIpc) is 3.04. The third-order valence-electron chi connectivity index (χ3n) is 3.89. The summed E-state index contributed by atoms with van der Waals surface area (Å²) in [6.07, 6.45) is 2.83.